The monoisotopic (exact) mass is 519 g/mol. The number of rotatable bonds is 7. The normalized spacial score (nSPS) is 15.0. The summed E-state index contributed by atoms with van der Waals surface area (Å²) in [6.07, 6.45) is 12.6. The Morgan fingerprint density at radius 3 is 2.36 bits per heavy atom. The van der Waals surface area contributed by atoms with Crippen LogP contribution in [0.15, 0.2) is 90.6 Å². The van der Waals surface area contributed by atoms with Crippen molar-refractivity contribution < 1.29 is 8.42 Å². The van der Waals surface area contributed by atoms with Gasteiger partial charge in [0.05, 0.1) is 6.33 Å². The Hall–Kier alpha value is -3.46. The number of anilines is 1. The molecule has 3 heterocycles. The third-order valence-corrected chi connectivity index (χ3v) is 8.24. The molecule has 0 N–H and O–H groups in total. The summed E-state index contributed by atoms with van der Waals surface area (Å²) in [5, 5.41) is 0.701. The Labute approximate surface area is 216 Å². The first-order chi connectivity index (χ1) is 17.5. The summed E-state index contributed by atoms with van der Waals surface area (Å²) in [6.45, 7) is 2.87. The van der Waals surface area contributed by atoms with Gasteiger partial charge < -0.3 is 9.47 Å². The van der Waals surface area contributed by atoms with E-state index in [0.717, 1.165) is 22.4 Å². The highest BCUT2D eigenvalue weighted by molar-refractivity contribution is 7.89. The van der Waals surface area contributed by atoms with Crippen LogP contribution < -0.4 is 4.90 Å². The maximum Gasteiger partial charge on any atom is 0.244 e. The maximum atomic E-state index is 12.8. The first-order valence-corrected chi connectivity index (χ1v) is 13.5. The second kappa shape index (κ2) is 10.7. The van der Waals surface area contributed by atoms with E-state index >= 15 is 0 Å². The Morgan fingerprint density at radius 1 is 0.889 bits per heavy atom. The second-order valence-corrected chi connectivity index (χ2v) is 11.0. The van der Waals surface area contributed by atoms with Crippen molar-refractivity contribution in [3.05, 3.63) is 107 Å². The predicted molar refractivity (Wildman–Crippen MR) is 143 cm³/mol. The lowest BCUT2D eigenvalue weighted by Gasteiger charge is -2.35. The largest absolute Gasteiger partial charge is 0.369 e. The van der Waals surface area contributed by atoms with Gasteiger partial charge in [0, 0.05) is 68.2 Å². The molecule has 0 unspecified atom stereocenters. The minimum absolute atomic E-state index is 0.239. The molecule has 0 bridgehead atoms. The lowest BCUT2D eigenvalue weighted by atomic mass is 10.1. The fourth-order valence-corrected chi connectivity index (χ4v) is 5.93. The molecule has 0 atom stereocenters. The number of aromatic nitrogens is 3. The van der Waals surface area contributed by atoms with Crippen LogP contribution in [0.5, 0.6) is 0 Å². The van der Waals surface area contributed by atoms with Gasteiger partial charge in [0.1, 0.15) is 4.90 Å². The highest BCUT2D eigenvalue weighted by Crippen LogP contribution is 2.23. The maximum absolute atomic E-state index is 12.8. The Balaban J connectivity index is 1.21. The predicted octanol–water partition coefficient (Wildman–Crippen LogP) is 4.66. The number of piperazine rings is 1. The van der Waals surface area contributed by atoms with E-state index in [2.05, 4.69) is 57.4 Å². The molecule has 184 valence electrons. The molecular weight excluding hydrogens is 494 g/mol. The number of hydrogen-bond acceptors (Lipinski definition) is 5. The average molecular weight is 520 g/mol. The molecule has 2 aromatic carbocycles. The highest BCUT2D eigenvalue weighted by atomic mass is 35.5. The van der Waals surface area contributed by atoms with Crippen molar-refractivity contribution in [3.8, 4) is 0 Å². The van der Waals surface area contributed by atoms with Crippen LogP contribution in [0.2, 0.25) is 5.02 Å². The van der Waals surface area contributed by atoms with E-state index in [1.165, 1.54) is 10.5 Å². The number of sulfonamides is 1. The summed E-state index contributed by atoms with van der Waals surface area (Å²) in [5.41, 5.74) is 4.30. The molecular formula is C27H26ClN5O2S. The zero-order valence-corrected chi connectivity index (χ0v) is 21.2. The van der Waals surface area contributed by atoms with E-state index in [1.807, 2.05) is 22.9 Å². The second-order valence-electron chi connectivity index (χ2n) is 8.63. The Bertz CT molecular complexity index is 1430. The van der Waals surface area contributed by atoms with Crippen molar-refractivity contribution in [2.75, 3.05) is 31.1 Å². The molecule has 0 aliphatic carbocycles. The van der Waals surface area contributed by atoms with E-state index in [-0.39, 0.29) is 4.90 Å². The first-order valence-electron chi connectivity index (χ1n) is 11.7. The number of benzene rings is 2. The number of pyridine rings is 1. The SMILES string of the molecule is O=S(=O)(c1cccnc1)N1CCN(c2ccc(/C=C/c3cc(Cl)cc(Cn4ccnc4)c3)cc2)CC1. The van der Waals surface area contributed by atoms with E-state index in [1.54, 1.807) is 30.9 Å². The number of imidazole rings is 1. The van der Waals surface area contributed by atoms with Crippen molar-refractivity contribution >= 4 is 39.5 Å². The number of hydrogen-bond donors (Lipinski definition) is 0. The first kappa shape index (κ1) is 24.2. The number of nitrogens with zero attached hydrogens (tertiary/aromatic N) is 5. The summed E-state index contributed by atoms with van der Waals surface area (Å²) < 4.78 is 29.2. The summed E-state index contributed by atoms with van der Waals surface area (Å²) in [6, 6.07) is 17.6. The molecule has 0 spiro atoms. The molecule has 1 saturated heterocycles. The Morgan fingerprint density at radius 2 is 1.67 bits per heavy atom. The van der Waals surface area contributed by atoms with E-state index < -0.39 is 10.0 Å². The smallest absolute Gasteiger partial charge is 0.244 e. The molecule has 7 nitrogen and oxygen atoms in total. The number of halogens is 1. The molecule has 9 heteroatoms. The lowest BCUT2D eigenvalue weighted by molar-refractivity contribution is 0.385. The van der Waals surface area contributed by atoms with Gasteiger partial charge in [-0.25, -0.2) is 13.4 Å². The summed E-state index contributed by atoms with van der Waals surface area (Å²) >= 11 is 6.34. The average Bonchev–Trinajstić information content (AvgIpc) is 3.41. The van der Waals surface area contributed by atoms with Gasteiger partial charge in [0.2, 0.25) is 10.0 Å². The van der Waals surface area contributed by atoms with Crippen LogP contribution >= 0.6 is 11.6 Å². The van der Waals surface area contributed by atoms with Crippen molar-refractivity contribution in [2.24, 2.45) is 0 Å². The fraction of sp³-hybridized carbons (Fsp3) is 0.185. The van der Waals surface area contributed by atoms with Gasteiger partial charge in [-0.3, -0.25) is 4.98 Å². The van der Waals surface area contributed by atoms with Gasteiger partial charge in [-0.1, -0.05) is 35.9 Å². The zero-order valence-electron chi connectivity index (χ0n) is 19.6. The van der Waals surface area contributed by atoms with Gasteiger partial charge in [-0.15, -0.1) is 0 Å². The van der Waals surface area contributed by atoms with Gasteiger partial charge >= 0.3 is 0 Å². The van der Waals surface area contributed by atoms with Gasteiger partial charge in [-0.2, -0.15) is 4.31 Å². The van der Waals surface area contributed by atoms with Crippen molar-refractivity contribution in [2.45, 2.75) is 11.4 Å². The Kier molecular flexibility index (Phi) is 7.18. The van der Waals surface area contributed by atoms with Crippen LogP contribution in [0, 0.1) is 0 Å². The molecule has 5 rings (SSSR count). The zero-order chi connectivity index (χ0) is 25.0. The van der Waals surface area contributed by atoms with Crippen molar-refractivity contribution in [1.82, 2.24) is 18.8 Å². The molecule has 2 aromatic heterocycles. The van der Waals surface area contributed by atoms with Crippen molar-refractivity contribution in [3.63, 3.8) is 0 Å². The van der Waals surface area contributed by atoms with Crippen LogP contribution in [0.1, 0.15) is 16.7 Å². The van der Waals surface area contributed by atoms with Crippen LogP contribution in [-0.2, 0) is 16.6 Å². The van der Waals surface area contributed by atoms with Crippen LogP contribution in [-0.4, -0.2) is 53.4 Å². The van der Waals surface area contributed by atoms with E-state index in [9.17, 15) is 8.42 Å². The molecule has 0 saturated carbocycles. The molecule has 4 aromatic rings. The molecule has 0 amide bonds. The standard InChI is InChI=1S/C27H26ClN5O2S/c28-25-17-23(16-24(18-25)20-31-11-10-30-21-31)4-3-22-5-7-26(8-6-22)32-12-14-33(15-13-32)36(34,35)27-2-1-9-29-19-27/h1-11,16-19,21H,12-15,20H2/b4-3+. The minimum atomic E-state index is -3.51. The van der Waals surface area contributed by atoms with Crippen LogP contribution in [0.25, 0.3) is 12.2 Å². The topological polar surface area (TPSA) is 71.3 Å². The highest BCUT2D eigenvalue weighted by Gasteiger charge is 2.28. The minimum Gasteiger partial charge on any atom is -0.369 e. The van der Waals surface area contributed by atoms with Crippen LogP contribution in [0.4, 0.5) is 5.69 Å². The fourth-order valence-electron chi connectivity index (χ4n) is 4.28. The van der Waals surface area contributed by atoms with Crippen LogP contribution in [0.3, 0.4) is 0 Å². The molecule has 1 fully saturated rings. The van der Waals surface area contributed by atoms with E-state index in [0.29, 0.717) is 37.7 Å². The quantitative estimate of drug-likeness (QED) is 0.332. The third-order valence-electron chi connectivity index (χ3n) is 6.14. The molecule has 1 aliphatic rings. The molecule has 1 aliphatic heterocycles. The van der Waals surface area contributed by atoms with E-state index in [4.69, 9.17) is 11.6 Å². The molecule has 0 radical (unpaired) electrons. The summed E-state index contributed by atoms with van der Waals surface area (Å²) in [4.78, 5) is 10.5. The van der Waals surface area contributed by atoms with Gasteiger partial charge in [0.15, 0.2) is 0 Å². The summed E-state index contributed by atoms with van der Waals surface area (Å²) in [5.74, 6) is 0. The van der Waals surface area contributed by atoms with Gasteiger partial charge in [-0.05, 0) is 59.2 Å². The third kappa shape index (κ3) is 5.67. The summed E-state index contributed by atoms with van der Waals surface area (Å²) in [7, 11) is -3.51. The lowest BCUT2D eigenvalue weighted by Crippen LogP contribution is -2.48. The van der Waals surface area contributed by atoms with Gasteiger partial charge in [0.25, 0.3) is 0 Å². The van der Waals surface area contributed by atoms with Crippen molar-refractivity contribution in [1.29, 1.82) is 0 Å². The molecule has 36 heavy (non-hydrogen) atoms.